The van der Waals surface area contributed by atoms with Gasteiger partial charge in [0.05, 0.1) is 6.10 Å². The van der Waals surface area contributed by atoms with Gasteiger partial charge >= 0.3 is 6.03 Å². The Morgan fingerprint density at radius 1 is 1.67 bits per heavy atom. The molecule has 1 saturated carbocycles. The van der Waals surface area contributed by atoms with E-state index in [1.807, 2.05) is 0 Å². The third-order valence-corrected chi connectivity index (χ3v) is 1.46. The Hall–Kier alpha value is -0.770. The molecule has 4 heteroatoms. The number of urea groups is 1. The van der Waals surface area contributed by atoms with E-state index in [0.717, 1.165) is 0 Å². The normalized spacial score (nSPS) is 33.0. The first-order valence-corrected chi connectivity index (χ1v) is 2.92. The fraction of sp³-hybridized carbons (Fsp3) is 0.800. The molecule has 52 valence electrons. The number of carbonyl (C=O) groups is 1. The summed E-state index contributed by atoms with van der Waals surface area (Å²) in [5.41, 5.74) is 4.82. The van der Waals surface area contributed by atoms with Gasteiger partial charge in [0.1, 0.15) is 0 Å². The fourth-order valence-electron chi connectivity index (χ4n) is 0.907. The SMILES string of the molecule is NC(=O)NC1CC(O)C1. The van der Waals surface area contributed by atoms with Gasteiger partial charge in [-0.25, -0.2) is 4.79 Å². The lowest BCUT2D eigenvalue weighted by Gasteiger charge is -2.31. The number of aliphatic hydroxyl groups excluding tert-OH is 1. The van der Waals surface area contributed by atoms with Gasteiger partial charge < -0.3 is 16.2 Å². The molecule has 0 radical (unpaired) electrons. The average Bonchev–Trinajstić information content (AvgIpc) is 1.60. The van der Waals surface area contributed by atoms with Crippen molar-refractivity contribution in [1.29, 1.82) is 0 Å². The van der Waals surface area contributed by atoms with E-state index < -0.39 is 6.03 Å². The predicted octanol–water partition coefficient (Wildman–Crippen LogP) is -0.822. The molecule has 1 rings (SSSR count). The van der Waals surface area contributed by atoms with Crippen LogP contribution in [0.25, 0.3) is 0 Å². The molecule has 4 nitrogen and oxygen atoms in total. The molecular formula is C5H10N2O2. The summed E-state index contributed by atoms with van der Waals surface area (Å²) < 4.78 is 0. The minimum atomic E-state index is -0.508. The molecule has 0 atom stereocenters. The summed E-state index contributed by atoms with van der Waals surface area (Å²) in [5, 5.41) is 11.2. The maximum absolute atomic E-state index is 10.1. The van der Waals surface area contributed by atoms with Crippen molar-refractivity contribution in [1.82, 2.24) is 5.32 Å². The van der Waals surface area contributed by atoms with E-state index in [9.17, 15) is 4.79 Å². The van der Waals surface area contributed by atoms with Crippen molar-refractivity contribution in [3.63, 3.8) is 0 Å². The number of hydrogen-bond acceptors (Lipinski definition) is 2. The van der Waals surface area contributed by atoms with Crippen molar-refractivity contribution in [2.24, 2.45) is 5.73 Å². The van der Waals surface area contributed by atoms with E-state index in [0.29, 0.717) is 12.8 Å². The Morgan fingerprint density at radius 3 is 2.56 bits per heavy atom. The highest BCUT2D eigenvalue weighted by atomic mass is 16.3. The number of primary amides is 1. The second-order valence-electron chi connectivity index (χ2n) is 2.33. The van der Waals surface area contributed by atoms with Crippen LogP contribution in [0, 0.1) is 0 Å². The maximum atomic E-state index is 10.1. The molecule has 0 heterocycles. The summed E-state index contributed by atoms with van der Waals surface area (Å²) in [6, 6.07) is -0.399. The van der Waals surface area contributed by atoms with Crippen molar-refractivity contribution in [3.8, 4) is 0 Å². The Morgan fingerprint density at radius 2 is 2.22 bits per heavy atom. The smallest absolute Gasteiger partial charge is 0.312 e. The van der Waals surface area contributed by atoms with Crippen LogP contribution in [0.1, 0.15) is 12.8 Å². The first kappa shape index (κ1) is 6.35. The van der Waals surface area contributed by atoms with Gasteiger partial charge in [0.25, 0.3) is 0 Å². The van der Waals surface area contributed by atoms with E-state index in [2.05, 4.69) is 5.32 Å². The molecule has 9 heavy (non-hydrogen) atoms. The molecule has 0 saturated heterocycles. The van der Waals surface area contributed by atoms with Crippen LogP contribution < -0.4 is 11.1 Å². The number of aliphatic hydroxyl groups is 1. The summed E-state index contributed by atoms with van der Waals surface area (Å²) in [6.45, 7) is 0. The Labute approximate surface area is 53.0 Å². The Balaban J connectivity index is 2.11. The number of rotatable bonds is 1. The van der Waals surface area contributed by atoms with Crippen LogP contribution in [0.5, 0.6) is 0 Å². The van der Waals surface area contributed by atoms with E-state index in [-0.39, 0.29) is 12.1 Å². The topological polar surface area (TPSA) is 75.4 Å². The zero-order valence-corrected chi connectivity index (χ0v) is 5.00. The van der Waals surface area contributed by atoms with E-state index in [1.54, 1.807) is 0 Å². The van der Waals surface area contributed by atoms with Gasteiger partial charge in [-0.15, -0.1) is 0 Å². The lowest BCUT2D eigenvalue weighted by atomic mass is 9.90. The van der Waals surface area contributed by atoms with E-state index >= 15 is 0 Å². The van der Waals surface area contributed by atoms with Crippen molar-refractivity contribution < 1.29 is 9.90 Å². The van der Waals surface area contributed by atoms with Crippen molar-refractivity contribution in [2.75, 3.05) is 0 Å². The zero-order chi connectivity index (χ0) is 6.85. The van der Waals surface area contributed by atoms with Crippen molar-refractivity contribution in [2.45, 2.75) is 25.0 Å². The molecule has 0 unspecified atom stereocenters. The summed E-state index contributed by atoms with van der Waals surface area (Å²) in [7, 11) is 0. The lowest BCUT2D eigenvalue weighted by Crippen LogP contribution is -2.48. The molecular weight excluding hydrogens is 120 g/mol. The van der Waals surface area contributed by atoms with Gasteiger partial charge in [0, 0.05) is 6.04 Å². The molecule has 4 N–H and O–H groups in total. The molecule has 1 aliphatic rings. The average molecular weight is 130 g/mol. The fourth-order valence-corrected chi connectivity index (χ4v) is 0.907. The third kappa shape index (κ3) is 1.57. The lowest BCUT2D eigenvalue weighted by molar-refractivity contribution is 0.0669. The van der Waals surface area contributed by atoms with Gasteiger partial charge in [-0.1, -0.05) is 0 Å². The second kappa shape index (κ2) is 2.23. The molecule has 1 aliphatic carbocycles. The highest BCUT2D eigenvalue weighted by Gasteiger charge is 2.27. The quantitative estimate of drug-likeness (QED) is 0.433. The van der Waals surface area contributed by atoms with Crippen molar-refractivity contribution >= 4 is 6.03 Å². The van der Waals surface area contributed by atoms with E-state index in [4.69, 9.17) is 10.8 Å². The Bertz CT molecular complexity index is 120. The molecule has 0 aromatic rings. The van der Waals surface area contributed by atoms with Crippen molar-refractivity contribution in [3.05, 3.63) is 0 Å². The standard InChI is InChI=1S/C5H10N2O2/c6-5(9)7-3-1-4(8)2-3/h3-4,8H,1-2H2,(H3,6,7,9). The monoisotopic (exact) mass is 130 g/mol. The minimum absolute atomic E-state index is 0.109. The number of nitrogens with one attached hydrogen (secondary N) is 1. The first-order valence-electron chi connectivity index (χ1n) is 2.92. The molecule has 1 fully saturated rings. The number of carbonyl (C=O) groups excluding carboxylic acids is 1. The van der Waals surface area contributed by atoms with Crippen LogP contribution >= 0.6 is 0 Å². The number of nitrogens with two attached hydrogens (primary N) is 1. The molecule has 0 aromatic heterocycles. The molecule has 0 aromatic carbocycles. The maximum Gasteiger partial charge on any atom is 0.312 e. The first-order chi connectivity index (χ1) is 4.18. The molecule has 0 bridgehead atoms. The summed E-state index contributed by atoms with van der Waals surface area (Å²) in [5.74, 6) is 0. The van der Waals surface area contributed by atoms with Gasteiger partial charge in [0.2, 0.25) is 0 Å². The van der Waals surface area contributed by atoms with Crippen LogP contribution in [0.3, 0.4) is 0 Å². The van der Waals surface area contributed by atoms with E-state index in [1.165, 1.54) is 0 Å². The van der Waals surface area contributed by atoms with Crippen LogP contribution in [-0.4, -0.2) is 23.3 Å². The molecule has 0 spiro atoms. The highest BCUT2D eigenvalue weighted by molar-refractivity contribution is 5.72. The van der Waals surface area contributed by atoms with Crippen LogP contribution in [0.2, 0.25) is 0 Å². The van der Waals surface area contributed by atoms with Crippen LogP contribution in [0.4, 0.5) is 4.79 Å². The van der Waals surface area contributed by atoms with Gasteiger partial charge in [-0.3, -0.25) is 0 Å². The molecule has 0 aliphatic heterocycles. The van der Waals surface area contributed by atoms with Gasteiger partial charge in [-0.2, -0.15) is 0 Å². The predicted molar refractivity (Wildman–Crippen MR) is 31.7 cm³/mol. The molecule has 2 amide bonds. The highest BCUT2D eigenvalue weighted by Crippen LogP contribution is 2.18. The second-order valence-corrected chi connectivity index (χ2v) is 2.33. The van der Waals surface area contributed by atoms with Crippen LogP contribution in [-0.2, 0) is 0 Å². The largest absolute Gasteiger partial charge is 0.393 e. The van der Waals surface area contributed by atoms with Gasteiger partial charge in [-0.05, 0) is 12.8 Å². The summed E-state index contributed by atoms with van der Waals surface area (Å²) >= 11 is 0. The number of hydrogen-bond donors (Lipinski definition) is 3. The minimum Gasteiger partial charge on any atom is -0.393 e. The summed E-state index contributed by atoms with van der Waals surface area (Å²) in [4.78, 5) is 10.1. The summed E-state index contributed by atoms with van der Waals surface area (Å²) in [6.07, 6.45) is 1.05. The Kier molecular flexibility index (Phi) is 1.57. The van der Waals surface area contributed by atoms with Gasteiger partial charge in [0.15, 0.2) is 0 Å². The van der Waals surface area contributed by atoms with Crippen LogP contribution in [0.15, 0.2) is 0 Å². The third-order valence-electron chi connectivity index (χ3n) is 1.46. The zero-order valence-electron chi connectivity index (χ0n) is 5.00. The number of amides is 2.